The summed E-state index contributed by atoms with van der Waals surface area (Å²) in [4.78, 5) is 12.6. The van der Waals surface area contributed by atoms with E-state index < -0.39 is 0 Å². The Balaban J connectivity index is 2.47. The molecule has 0 unspecified atom stereocenters. The normalized spacial score (nSPS) is 10.4. The minimum Gasteiger partial charge on any atom is -0.385 e. The number of benzene rings is 1. The Hall–Kier alpha value is -2.38. The van der Waals surface area contributed by atoms with Crippen molar-refractivity contribution in [1.82, 2.24) is 4.57 Å². The highest BCUT2D eigenvalue weighted by Gasteiger charge is 2.10. The van der Waals surface area contributed by atoms with Gasteiger partial charge in [0.2, 0.25) is 0 Å². The van der Waals surface area contributed by atoms with E-state index in [1.165, 1.54) is 5.56 Å². The summed E-state index contributed by atoms with van der Waals surface area (Å²) in [7, 11) is 1.65. The molecule has 0 aliphatic carbocycles. The van der Waals surface area contributed by atoms with E-state index in [1.807, 2.05) is 43.3 Å². The Morgan fingerprint density at radius 2 is 1.91 bits per heavy atom. The Morgan fingerprint density at radius 1 is 1.18 bits per heavy atom. The standard InChI is InChI=1S/C18H20N2O2/c1-14-4-6-15(7-5-14)17-9-8-16(10-11-19)18(21)20(17)12-3-13-22-2/h4-9H,3,10,12-13H2,1-2H3. The van der Waals surface area contributed by atoms with Gasteiger partial charge in [-0.2, -0.15) is 5.26 Å². The smallest absolute Gasteiger partial charge is 0.255 e. The second kappa shape index (κ2) is 7.58. The molecule has 0 bridgehead atoms. The third-order valence-electron chi connectivity index (χ3n) is 3.60. The lowest BCUT2D eigenvalue weighted by Crippen LogP contribution is -2.25. The van der Waals surface area contributed by atoms with Crippen molar-refractivity contribution in [1.29, 1.82) is 5.26 Å². The monoisotopic (exact) mass is 296 g/mol. The number of nitriles is 1. The number of methoxy groups -OCH3 is 1. The average Bonchev–Trinajstić information content (AvgIpc) is 2.52. The van der Waals surface area contributed by atoms with Crippen LogP contribution in [0.2, 0.25) is 0 Å². The maximum Gasteiger partial charge on any atom is 0.255 e. The predicted molar refractivity (Wildman–Crippen MR) is 86.7 cm³/mol. The summed E-state index contributed by atoms with van der Waals surface area (Å²) in [6, 6.07) is 13.8. The first-order chi connectivity index (χ1) is 10.7. The van der Waals surface area contributed by atoms with Gasteiger partial charge >= 0.3 is 0 Å². The lowest BCUT2D eigenvalue weighted by molar-refractivity contribution is 0.190. The fraction of sp³-hybridized carbons (Fsp3) is 0.333. The van der Waals surface area contributed by atoms with Crippen molar-refractivity contribution in [2.45, 2.75) is 26.3 Å². The van der Waals surface area contributed by atoms with E-state index in [2.05, 4.69) is 0 Å². The van der Waals surface area contributed by atoms with E-state index in [-0.39, 0.29) is 12.0 Å². The molecule has 0 N–H and O–H groups in total. The number of pyridine rings is 1. The zero-order valence-corrected chi connectivity index (χ0v) is 13.0. The van der Waals surface area contributed by atoms with Gasteiger partial charge in [-0.25, -0.2) is 0 Å². The molecule has 0 radical (unpaired) electrons. The minimum absolute atomic E-state index is 0.0873. The summed E-state index contributed by atoms with van der Waals surface area (Å²) in [6.45, 7) is 3.21. The van der Waals surface area contributed by atoms with Crippen LogP contribution >= 0.6 is 0 Å². The van der Waals surface area contributed by atoms with E-state index >= 15 is 0 Å². The highest BCUT2D eigenvalue weighted by atomic mass is 16.5. The number of aromatic nitrogens is 1. The molecule has 1 aromatic carbocycles. The number of rotatable bonds is 6. The van der Waals surface area contributed by atoms with Crippen molar-refractivity contribution in [3.63, 3.8) is 0 Å². The molecule has 0 saturated heterocycles. The molecule has 2 aromatic rings. The molecular weight excluding hydrogens is 276 g/mol. The molecule has 114 valence electrons. The van der Waals surface area contributed by atoms with E-state index in [9.17, 15) is 4.79 Å². The summed E-state index contributed by atoms with van der Waals surface area (Å²) in [5.74, 6) is 0. The van der Waals surface area contributed by atoms with E-state index in [0.717, 1.165) is 17.7 Å². The number of aryl methyl sites for hydroxylation is 1. The molecule has 0 atom stereocenters. The van der Waals surface area contributed by atoms with Crippen LogP contribution in [0.5, 0.6) is 0 Å². The zero-order chi connectivity index (χ0) is 15.9. The van der Waals surface area contributed by atoms with Gasteiger partial charge in [-0.1, -0.05) is 35.9 Å². The van der Waals surface area contributed by atoms with Crippen LogP contribution < -0.4 is 5.56 Å². The van der Waals surface area contributed by atoms with Crippen molar-refractivity contribution in [3.05, 3.63) is 57.9 Å². The first-order valence-electron chi connectivity index (χ1n) is 7.33. The van der Waals surface area contributed by atoms with Crippen molar-refractivity contribution >= 4 is 0 Å². The summed E-state index contributed by atoms with van der Waals surface area (Å²) >= 11 is 0. The third kappa shape index (κ3) is 3.63. The summed E-state index contributed by atoms with van der Waals surface area (Å²) < 4.78 is 6.82. The van der Waals surface area contributed by atoms with Crippen molar-refractivity contribution in [3.8, 4) is 17.3 Å². The highest BCUT2D eigenvalue weighted by molar-refractivity contribution is 5.60. The van der Waals surface area contributed by atoms with E-state index in [1.54, 1.807) is 17.7 Å². The van der Waals surface area contributed by atoms with Gasteiger partial charge < -0.3 is 9.30 Å². The summed E-state index contributed by atoms with van der Waals surface area (Å²) in [5, 5.41) is 8.85. The molecule has 0 aliphatic rings. The molecule has 1 aromatic heterocycles. The first kappa shape index (κ1) is 16.0. The predicted octanol–water partition coefficient (Wildman–Crippen LogP) is 2.93. The minimum atomic E-state index is -0.0873. The van der Waals surface area contributed by atoms with Crippen molar-refractivity contribution in [2.75, 3.05) is 13.7 Å². The first-order valence-corrected chi connectivity index (χ1v) is 7.33. The van der Waals surface area contributed by atoms with Crippen LogP contribution in [0.1, 0.15) is 17.5 Å². The lowest BCUT2D eigenvalue weighted by Gasteiger charge is -2.14. The topological polar surface area (TPSA) is 55.0 Å². The van der Waals surface area contributed by atoms with Gasteiger partial charge in [0, 0.05) is 25.8 Å². The van der Waals surface area contributed by atoms with Crippen LogP contribution in [0.25, 0.3) is 11.3 Å². The average molecular weight is 296 g/mol. The van der Waals surface area contributed by atoms with Crippen molar-refractivity contribution < 1.29 is 4.74 Å². The molecular formula is C18H20N2O2. The number of hydrogen-bond donors (Lipinski definition) is 0. The molecule has 4 heteroatoms. The number of nitrogens with zero attached hydrogens (tertiary/aromatic N) is 2. The zero-order valence-electron chi connectivity index (χ0n) is 13.0. The van der Waals surface area contributed by atoms with E-state index in [4.69, 9.17) is 10.00 Å². The largest absolute Gasteiger partial charge is 0.385 e. The number of hydrogen-bond acceptors (Lipinski definition) is 3. The van der Waals surface area contributed by atoms with Gasteiger partial charge in [0.1, 0.15) is 0 Å². The fourth-order valence-corrected chi connectivity index (χ4v) is 2.41. The van der Waals surface area contributed by atoms with Gasteiger partial charge in [-0.3, -0.25) is 4.79 Å². The second-order valence-corrected chi connectivity index (χ2v) is 5.25. The molecule has 1 heterocycles. The Bertz CT molecular complexity index is 724. The quantitative estimate of drug-likeness (QED) is 0.770. The number of ether oxygens (including phenoxy) is 1. The van der Waals surface area contributed by atoms with Crippen LogP contribution in [0, 0.1) is 18.3 Å². The SMILES string of the molecule is COCCCn1c(-c2ccc(C)cc2)ccc(CC#N)c1=O. The summed E-state index contributed by atoms with van der Waals surface area (Å²) in [5.41, 5.74) is 3.51. The maximum absolute atomic E-state index is 12.6. The van der Waals surface area contributed by atoms with Gasteiger partial charge in [0.25, 0.3) is 5.56 Å². The third-order valence-corrected chi connectivity index (χ3v) is 3.60. The Labute approximate surface area is 130 Å². The van der Waals surface area contributed by atoms with Crippen LogP contribution in [0.15, 0.2) is 41.2 Å². The van der Waals surface area contributed by atoms with Crippen molar-refractivity contribution in [2.24, 2.45) is 0 Å². The van der Waals surface area contributed by atoms with Gasteiger partial charge in [0.15, 0.2) is 0 Å². The lowest BCUT2D eigenvalue weighted by atomic mass is 10.1. The summed E-state index contributed by atoms with van der Waals surface area (Å²) in [6.07, 6.45) is 0.891. The van der Waals surface area contributed by atoms with Gasteiger partial charge in [-0.05, 0) is 25.0 Å². The molecule has 22 heavy (non-hydrogen) atoms. The van der Waals surface area contributed by atoms with E-state index in [0.29, 0.717) is 18.7 Å². The highest BCUT2D eigenvalue weighted by Crippen LogP contribution is 2.19. The van der Waals surface area contributed by atoms with Crippen LogP contribution in [0.4, 0.5) is 0 Å². The Kier molecular flexibility index (Phi) is 5.51. The fourth-order valence-electron chi connectivity index (χ4n) is 2.41. The molecule has 0 amide bonds. The molecule has 0 aliphatic heterocycles. The maximum atomic E-state index is 12.6. The molecule has 0 saturated carbocycles. The van der Waals surface area contributed by atoms with Gasteiger partial charge in [0.05, 0.1) is 18.2 Å². The molecule has 2 rings (SSSR count). The van der Waals surface area contributed by atoms with Crippen LogP contribution in [-0.4, -0.2) is 18.3 Å². The molecule has 0 fully saturated rings. The van der Waals surface area contributed by atoms with Crippen LogP contribution in [0.3, 0.4) is 0 Å². The van der Waals surface area contributed by atoms with Crippen LogP contribution in [-0.2, 0) is 17.7 Å². The molecule has 0 spiro atoms. The molecule has 4 nitrogen and oxygen atoms in total. The second-order valence-electron chi connectivity index (χ2n) is 5.25. The Morgan fingerprint density at radius 3 is 2.55 bits per heavy atom. The van der Waals surface area contributed by atoms with Gasteiger partial charge in [-0.15, -0.1) is 0 Å².